The number of fused-ring (bicyclic) bond motifs is 1. The number of carbonyl (C=O) groups is 3. The molecule has 3 heterocycles. The third kappa shape index (κ3) is 6.03. The lowest BCUT2D eigenvalue weighted by Gasteiger charge is -2.21. The Balaban J connectivity index is 2.08. The van der Waals surface area contributed by atoms with E-state index >= 15 is 0 Å². The number of amides is 1. The lowest BCUT2D eigenvalue weighted by atomic mass is 9.94. The predicted octanol–water partition coefficient (Wildman–Crippen LogP) is 4.68. The van der Waals surface area contributed by atoms with Crippen LogP contribution in [0, 0.1) is 0 Å². The fourth-order valence-corrected chi connectivity index (χ4v) is 3.53. The molecule has 0 aromatic carbocycles. The summed E-state index contributed by atoms with van der Waals surface area (Å²) >= 11 is 0. The van der Waals surface area contributed by atoms with Crippen molar-refractivity contribution in [1.82, 2.24) is 19.9 Å². The van der Waals surface area contributed by atoms with E-state index in [1.807, 2.05) is 13.0 Å². The van der Waals surface area contributed by atoms with Crippen LogP contribution in [0.15, 0.2) is 36.8 Å². The Morgan fingerprint density at radius 3 is 2.26 bits per heavy atom. The van der Waals surface area contributed by atoms with Gasteiger partial charge in [-0.1, -0.05) is 6.92 Å². The molecule has 1 N–H and O–H groups in total. The summed E-state index contributed by atoms with van der Waals surface area (Å²) in [5, 5.41) is 3.33. The maximum absolute atomic E-state index is 12.8. The molecule has 3 aromatic rings. The van der Waals surface area contributed by atoms with Gasteiger partial charge in [-0.3, -0.25) is 14.3 Å². The summed E-state index contributed by atoms with van der Waals surface area (Å²) < 4.78 is 12.4. The number of ether oxygens (including phenoxy) is 2. The van der Waals surface area contributed by atoms with E-state index in [2.05, 4.69) is 15.3 Å². The molecule has 0 aliphatic carbocycles. The normalized spacial score (nSPS) is 12.8. The van der Waals surface area contributed by atoms with Crippen LogP contribution in [0.5, 0.6) is 0 Å². The van der Waals surface area contributed by atoms with E-state index in [1.165, 1.54) is 17.7 Å². The lowest BCUT2D eigenvalue weighted by Crippen LogP contribution is -2.26. The van der Waals surface area contributed by atoms with Crippen molar-refractivity contribution < 1.29 is 23.9 Å². The van der Waals surface area contributed by atoms with Crippen LogP contribution >= 0.6 is 0 Å². The minimum absolute atomic E-state index is 0.101. The maximum atomic E-state index is 12.8. The molecule has 35 heavy (non-hydrogen) atoms. The maximum Gasteiger partial charge on any atom is 0.419 e. The number of hydrogen-bond donors (Lipinski definition) is 1. The molecule has 1 amide bonds. The second kappa shape index (κ2) is 9.48. The number of nitrogens with zero attached hydrogens (tertiary/aromatic N) is 3. The van der Waals surface area contributed by atoms with E-state index < -0.39 is 29.2 Å². The van der Waals surface area contributed by atoms with Crippen molar-refractivity contribution in [2.24, 2.45) is 0 Å². The molecule has 0 spiro atoms. The first-order chi connectivity index (χ1) is 16.2. The highest BCUT2D eigenvalue weighted by molar-refractivity contribution is 5.97. The van der Waals surface area contributed by atoms with E-state index in [9.17, 15) is 14.4 Å². The first kappa shape index (κ1) is 25.9. The van der Waals surface area contributed by atoms with Crippen LogP contribution < -0.4 is 5.32 Å². The predicted molar refractivity (Wildman–Crippen MR) is 132 cm³/mol. The highest BCUT2D eigenvalue weighted by Gasteiger charge is 2.25. The van der Waals surface area contributed by atoms with E-state index in [1.54, 1.807) is 66.2 Å². The first-order valence-electron chi connectivity index (χ1n) is 11.4. The zero-order valence-electron chi connectivity index (χ0n) is 21.4. The summed E-state index contributed by atoms with van der Waals surface area (Å²) in [5.41, 5.74) is 0.838. The summed E-state index contributed by atoms with van der Waals surface area (Å²) in [5.74, 6) is -1.33. The molecular formula is C26H32N4O5. The van der Waals surface area contributed by atoms with Gasteiger partial charge in [0.15, 0.2) is 0 Å². The van der Waals surface area contributed by atoms with Crippen LogP contribution in [0.3, 0.4) is 0 Å². The molecule has 1 unspecified atom stereocenters. The highest BCUT2D eigenvalue weighted by Crippen LogP contribution is 2.31. The van der Waals surface area contributed by atoms with Crippen LogP contribution in [0.4, 0.5) is 4.79 Å². The Labute approximate surface area is 204 Å². The van der Waals surface area contributed by atoms with E-state index in [-0.39, 0.29) is 17.2 Å². The molecule has 3 rings (SSSR count). The van der Waals surface area contributed by atoms with Crippen LogP contribution in [-0.2, 0) is 9.47 Å². The van der Waals surface area contributed by atoms with Gasteiger partial charge < -0.3 is 14.8 Å². The fourth-order valence-electron chi connectivity index (χ4n) is 3.53. The van der Waals surface area contributed by atoms with Crippen LogP contribution in [-0.4, -0.2) is 50.8 Å². The monoisotopic (exact) mass is 480 g/mol. The van der Waals surface area contributed by atoms with Gasteiger partial charge in [-0.2, -0.15) is 0 Å². The van der Waals surface area contributed by atoms with Gasteiger partial charge in [-0.05, 0) is 65.3 Å². The van der Waals surface area contributed by atoms with Gasteiger partial charge in [-0.15, -0.1) is 0 Å². The zero-order chi connectivity index (χ0) is 26.1. The van der Waals surface area contributed by atoms with E-state index in [4.69, 9.17) is 9.47 Å². The SMILES string of the molecule is CNC(=O)c1cc(C(=O)OC(C)(C)C)cc(C(C)c2cncc3c2ccn3C(=O)OC(C)(C)C)n1. The summed E-state index contributed by atoms with van der Waals surface area (Å²) in [6.07, 6.45) is 4.41. The standard InChI is InChI=1S/C26H32N4O5/c1-15(18-13-28-14-21-17(18)9-10-30(21)24(33)35-26(5,6)7)19-11-16(23(32)34-25(2,3)4)12-20(29-19)22(31)27-8/h9-15H,1-8H3,(H,27,31). The van der Waals surface area contributed by atoms with Crippen molar-refractivity contribution in [3.63, 3.8) is 0 Å². The summed E-state index contributed by atoms with van der Waals surface area (Å²) in [6, 6.07) is 4.85. The highest BCUT2D eigenvalue weighted by atomic mass is 16.6. The summed E-state index contributed by atoms with van der Waals surface area (Å²) in [6.45, 7) is 12.6. The second-order valence-corrected chi connectivity index (χ2v) is 10.3. The number of hydrogen-bond acceptors (Lipinski definition) is 7. The van der Waals surface area contributed by atoms with E-state index in [0.29, 0.717) is 11.2 Å². The molecule has 9 nitrogen and oxygen atoms in total. The molecule has 0 aliphatic rings. The van der Waals surface area contributed by atoms with Crippen molar-refractivity contribution in [1.29, 1.82) is 0 Å². The van der Waals surface area contributed by atoms with Gasteiger partial charge in [0.25, 0.3) is 5.91 Å². The number of aromatic nitrogens is 3. The molecule has 3 aromatic heterocycles. The Morgan fingerprint density at radius 2 is 1.66 bits per heavy atom. The van der Waals surface area contributed by atoms with E-state index in [0.717, 1.165) is 10.9 Å². The largest absolute Gasteiger partial charge is 0.456 e. The minimum atomic E-state index is -0.695. The average Bonchev–Trinajstić information content (AvgIpc) is 3.20. The molecule has 186 valence electrons. The summed E-state index contributed by atoms with van der Waals surface area (Å²) in [4.78, 5) is 46.7. The van der Waals surface area contributed by atoms with Crippen LogP contribution in [0.1, 0.15) is 86.5 Å². The number of pyridine rings is 2. The number of carbonyl (C=O) groups excluding carboxylic acids is 3. The van der Waals surface area contributed by atoms with Crippen LogP contribution in [0.2, 0.25) is 0 Å². The van der Waals surface area contributed by atoms with Crippen molar-refractivity contribution >= 4 is 28.9 Å². The second-order valence-electron chi connectivity index (χ2n) is 10.3. The Bertz CT molecular complexity index is 1280. The van der Waals surface area contributed by atoms with Crippen molar-refractivity contribution in [2.45, 2.75) is 65.6 Å². The quantitative estimate of drug-likeness (QED) is 0.540. The molecule has 0 fully saturated rings. The van der Waals surface area contributed by atoms with Gasteiger partial charge in [0, 0.05) is 36.4 Å². The minimum Gasteiger partial charge on any atom is -0.456 e. The van der Waals surface area contributed by atoms with Crippen molar-refractivity contribution in [3.05, 3.63) is 59.3 Å². The molecule has 1 atom stereocenters. The fraction of sp³-hybridized carbons (Fsp3) is 0.423. The number of nitrogens with one attached hydrogen (secondary N) is 1. The Hall–Kier alpha value is -3.75. The number of rotatable bonds is 4. The van der Waals surface area contributed by atoms with Gasteiger partial charge in [0.1, 0.15) is 16.9 Å². The summed E-state index contributed by atoms with van der Waals surface area (Å²) in [7, 11) is 1.50. The van der Waals surface area contributed by atoms with Gasteiger partial charge in [0.05, 0.1) is 17.3 Å². The zero-order valence-corrected chi connectivity index (χ0v) is 21.4. The molecule has 0 saturated carbocycles. The smallest absolute Gasteiger partial charge is 0.419 e. The Morgan fingerprint density at radius 1 is 1.00 bits per heavy atom. The van der Waals surface area contributed by atoms with Crippen molar-refractivity contribution in [2.75, 3.05) is 7.05 Å². The topological polar surface area (TPSA) is 112 Å². The molecule has 0 radical (unpaired) electrons. The molecular weight excluding hydrogens is 448 g/mol. The number of esters is 1. The molecule has 0 bridgehead atoms. The van der Waals surface area contributed by atoms with Crippen LogP contribution in [0.25, 0.3) is 10.9 Å². The van der Waals surface area contributed by atoms with Crippen molar-refractivity contribution in [3.8, 4) is 0 Å². The Kier molecular flexibility index (Phi) is 7.01. The lowest BCUT2D eigenvalue weighted by molar-refractivity contribution is 0.00689. The molecule has 0 aliphatic heterocycles. The average molecular weight is 481 g/mol. The molecule has 0 saturated heterocycles. The third-order valence-corrected chi connectivity index (χ3v) is 5.09. The third-order valence-electron chi connectivity index (χ3n) is 5.09. The molecule has 9 heteroatoms. The van der Waals surface area contributed by atoms with Gasteiger partial charge in [-0.25, -0.2) is 14.6 Å². The van der Waals surface area contributed by atoms with Gasteiger partial charge in [0.2, 0.25) is 0 Å². The van der Waals surface area contributed by atoms with Gasteiger partial charge >= 0.3 is 12.1 Å². The first-order valence-corrected chi connectivity index (χ1v) is 11.4.